The third-order valence-electron chi connectivity index (χ3n) is 5.72. The number of ether oxygens (including phenoxy) is 1. The molecule has 2 amide bonds. The molecule has 0 radical (unpaired) electrons. The molecule has 0 unspecified atom stereocenters. The smallest absolute Gasteiger partial charge is 0.255 e. The van der Waals surface area contributed by atoms with Crippen LogP contribution in [0.5, 0.6) is 5.75 Å². The van der Waals surface area contributed by atoms with E-state index in [-0.39, 0.29) is 5.91 Å². The van der Waals surface area contributed by atoms with E-state index < -0.39 is 22.0 Å². The fraction of sp³-hybridized carbons (Fsp3) is 0.417. The lowest BCUT2D eigenvalue weighted by Gasteiger charge is -2.28. The van der Waals surface area contributed by atoms with Crippen molar-refractivity contribution in [3.8, 4) is 5.75 Å². The van der Waals surface area contributed by atoms with Gasteiger partial charge in [-0.1, -0.05) is 25.0 Å². The van der Waals surface area contributed by atoms with Gasteiger partial charge in [-0.05, 0) is 56.2 Å². The number of carbonyl (C=O) groups excluding carboxylic acids is 2. The van der Waals surface area contributed by atoms with E-state index in [2.05, 4.69) is 5.32 Å². The van der Waals surface area contributed by atoms with Crippen LogP contribution in [-0.4, -0.2) is 57.6 Å². The van der Waals surface area contributed by atoms with Crippen molar-refractivity contribution in [2.45, 2.75) is 38.6 Å². The Kier molecular flexibility index (Phi) is 7.97. The lowest BCUT2D eigenvalue weighted by Crippen LogP contribution is -2.45. The van der Waals surface area contributed by atoms with Crippen molar-refractivity contribution in [2.24, 2.45) is 0 Å². The first-order valence-electron chi connectivity index (χ1n) is 11.0. The zero-order valence-corrected chi connectivity index (χ0v) is 20.1. The molecule has 2 aromatic carbocycles. The molecule has 1 aliphatic heterocycles. The molecule has 2 aromatic rings. The molecule has 1 saturated heterocycles. The Morgan fingerprint density at radius 2 is 1.61 bits per heavy atom. The Labute approximate surface area is 195 Å². The number of anilines is 2. The van der Waals surface area contributed by atoms with Gasteiger partial charge in [-0.25, -0.2) is 8.42 Å². The quantitative estimate of drug-likeness (QED) is 0.664. The molecule has 0 aromatic heterocycles. The van der Waals surface area contributed by atoms with Gasteiger partial charge in [0, 0.05) is 13.1 Å². The van der Waals surface area contributed by atoms with Crippen LogP contribution in [0.2, 0.25) is 0 Å². The number of amides is 2. The number of sulfonamides is 1. The van der Waals surface area contributed by atoms with Crippen molar-refractivity contribution in [3.63, 3.8) is 0 Å². The van der Waals surface area contributed by atoms with Crippen LogP contribution in [0.25, 0.3) is 0 Å². The molecule has 1 atom stereocenters. The first-order valence-corrected chi connectivity index (χ1v) is 12.9. The van der Waals surface area contributed by atoms with E-state index in [4.69, 9.17) is 4.74 Å². The van der Waals surface area contributed by atoms with Gasteiger partial charge in [0.2, 0.25) is 15.9 Å². The van der Waals surface area contributed by atoms with Gasteiger partial charge in [0.15, 0.2) is 0 Å². The molecule has 1 aliphatic rings. The number of rotatable bonds is 7. The van der Waals surface area contributed by atoms with Crippen LogP contribution in [0.15, 0.2) is 48.5 Å². The summed E-state index contributed by atoms with van der Waals surface area (Å²) in [6, 6.07) is 12.2. The number of benzene rings is 2. The van der Waals surface area contributed by atoms with E-state index in [1.54, 1.807) is 48.5 Å². The van der Waals surface area contributed by atoms with Gasteiger partial charge < -0.3 is 15.0 Å². The molecule has 1 N–H and O–H groups in total. The predicted molar refractivity (Wildman–Crippen MR) is 129 cm³/mol. The SMILES string of the molecule is COc1ccc(N([C@H](C)C(=O)Nc2ccccc2C(=O)N2CCCCCC2)S(C)(=O)=O)cc1. The van der Waals surface area contributed by atoms with Crippen LogP contribution >= 0.6 is 0 Å². The normalized spacial score (nSPS) is 15.3. The van der Waals surface area contributed by atoms with Crippen molar-refractivity contribution in [1.82, 2.24) is 4.90 Å². The van der Waals surface area contributed by atoms with E-state index in [1.165, 1.54) is 14.0 Å². The summed E-state index contributed by atoms with van der Waals surface area (Å²) in [5, 5.41) is 2.77. The number of para-hydroxylation sites is 1. The molecule has 178 valence electrons. The summed E-state index contributed by atoms with van der Waals surface area (Å²) >= 11 is 0. The van der Waals surface area contributed by atoms with Gasteiger partial charge in [-0.3, -0.25) is 13.9 Å². The van der Waals surface area contributed by atoms with Crippen LogP contribution in [0.1, 0.15) is 43.0 Å². The molecule has 3 rings (SSSR count). The Morgan fingerprint density at radius 3 is 2.18 bits per heavy atom. The highest BCUT2D eigenvalue weighted by molar-refractivity contribution is 7.92. The topological polar surface area (TPSA) is 96.0 Å². The lowest BCUT2D eigenvalue weighted by molar-refractivity contribution is -0.116. The average Bonchev–Trinajstić information content (AvgIpc) is 3.08. The maximum absolute atomic E-state index is 13.2. The Hall–Kier alpha value is -3.07. The largest absolute Gasteiger partial charge is 0.497 e. The van der Waals surface area contributed by atoms with E-state index in [0.29, 0.717) is 35.8 Å². The number of likely N-dealkylation sites (tertiary alicyclic amines) is 1. The Morgan fingerprint density at radius 1 is 1.00 bits per heavy atom. The van der Waals surface area contributed by atoms with Gasteiger partial charge in [0.1, 0.15) is 11.8 Å². The Balaban J connectivity index is 1.84. The predicted octanol–water partition coefficient (Wildman–Crippen LogP) is 3.50. The summed E-state index contributed by atoms with van der Waals surface area (Å²) < 4.78 is 31.3. The van der Waals surface area contributed by atoms with Crippen LogP contribution in [0, 0.1) is 0 Å². The second-order valence-electron chi connectivity index (χ2n) is 8.17. The van der Waals surface area contributed by atoms with Crippen LogP contribution in [0.4, 0.5) is 11.4 Å². The summed E-state index contributed by atoms with van der Waals surface area (Å²) in [5.41, 5.74) is 1.11. The number of nitrogens with one attached hydrogen (secondary N) is 1. The highest BCUT2D eigenvalue weighted by atomic mass is 32.2. The van der Waals surface area contributed by atoms with Crippen LogP contribution < -0.4 is 14.4 Å². The third kappa shape index (κ3) is 6.04. The molecular formula is C24H31N3O5S. The highest BCUT2D eigenvalue weighted by Gasteiger charge is 2.30. The summed E-state index contributed by atoms with van der Waals surface area (Å²) in [7, 11) is -2.25. The maximum Gasteiger partial charge on any atom is 0.255 e. The maximum atomic E-state index is 13.2. The lowest BCUT2D eigenvalue weighted by atomic mass is 10.1. The van der Waals surface area contributed by atoms with Gasteiger partial charge in [-0.2, -0.15) is 0 Å². The van der Waals surface area contributed by atoms with E-state index in [1.807, 2.05) is 4.90 Å². The molecule has 8 nitrogen and oxygen atoms in total. The minimum Gasteiger partial charge on any atom is -0.497 e. The van der Waals surface area contributed by atoms with Crippen molar-refractivity contribution in [2.75, 3.05) is 36.1 Å². The molecule has 0 bridgehead atoms. The first kappa shape index (κ1) is 24.6. The monoisotopic (exact) mass is 473 g/mol. The zero-order valence-electron chi connectivity index (χ0n) is 19.3. The van der Waals surface area contributed by atoms with Crippen LogP contribution in [0.3, 0.4) is 0 Å². The number of nitrogens with zero attached hydrogens (tertiary/aromatic N) is 2. The molecule has 0 aliphatic carbocycles. The fourth-order valence-corrected chi connectivity index (χ4v) is 5.17. The molecule has 0 saturated carbocycles. The van der Waals surface area contributed by atoms with Gasteiger partial charge in [-0.15, -0.1) is 0 Å². The molecule has 0 spiro atoms. The van der Waals surface area contributed by atoms with E-state index in [9.17, 15) is 18.0 Å². The highest BCUT2D eigenvalue weighted by Crippen LogP contribution is 2.25. The fourth-order valence-electron chi connectivity index (χ4n) is 4.00. The molecular weight excluding hydrogens is 442 g/mol. The van der Waals surface area contributed by atoms with Crippen molar-refractivity contribution >= 4 is 33.2 Å². The molecule has 33 heavy (non-hydrogen) atoms. The minimum atomic E-state index is -3.77. The van der Waals surface area contributed by atoms with E-state index in [0.717, 1.165) is 36.2 Å². The summed E-state index contributed by atoms with van der Waals surface area (Å²) in [5.74, 6) is -0.0896. The van der Waals surface area contributed by atoms with Crippen molar-refractivity contribution in [1.29, 1.82) is 0 Å². The minimum absolute atomic E-state index is 0.129. The van der Waals surface area contributed by atoms with Crippen LogP contribution in [-0.2, 0) is 14.8 Å². The van der Waals surface area contributed by atoms with E-state index >= 15 is 0 Å². The Bertz CT molecular complexity index is 1080. The van der Waals surface area contributed by atoms with Crippen molar-refractivity contribution < 1.29 is 22.7 Å². The van der Waals surface area contributed by atoms with Gasteiger partial charge in [0.05, 0.1) is 30.3 Å². The van der Waals surface area contributed by atoms with Crippen molar-refractivity contribution in [3.05, 3.63) is 54.1 Å². The number of methoxy groups -OCH3 is 1. The number of hydrogen-bond donors (Lipinski definition) is 1. The zero-order chi connectivity index (χ0) is 24.0. The van der Waals surface area contributed by atoms with Gasteiger partial charge >= 0.3 is 0 Å². The molecule has 9 heteroatoms. The number of hydrogen-bond acceptors (Lipinski definition) is 5. The first-order chi connectivity index (χ1) is 15.7. The summed E-state index contributed by atoms with van der Waals surface area (Å²) in [4.78, 5) is 28.1. The number of carbonyl (C=O) groups is 2. The summed E-state index contributed by atoms with van der Waals surface area (Å²) in [6.45, 7) is 2.90. The third-order valence-corrected chi connectivity index (χ3v) is 6.97. The average molecular weight is 474 g/mol. The molecule has 1 heterocycles. The summed E-state index contributed by atoms with van der Waals surface area (Å²) in [6.07, 6.45) is 5.18. The second kappa shape index (κ2) is 10.7. The van der Waals surface area contributed by atoms with Gasteiger partial charge in [0.25, 0.3) is 5.91 Å². The standard InChI is InChI=1S/C24H31N3O5S/c1-18(27(33(3,30)31)19-12-14-20(32-2)15-13-19)23(28)25-22-11-7-6-10-21(22)24(29)26-16-8-4-5-9-17-26/h6-7,10-15,18H,4-5,8-9,16-17H2,1-3H3,(H,25,28)/t18-/m1/s1. The molecule has 1 fully saturated rings. The second-order valence-corrected chi connectivity index (χ2v) is 10.0.